The van der Waals surface area contributed by atoms with Gasteiger partial charge in [-0.25, -0.2) is 14.6 Å². The molecule has 4 aromatic rings. The van der Waals surface area contributed by atoms with Crippen LogP contribution in [0.4, 0.5) is 5.69 Å². The SMILES string of the molecule is CCOC(=O)C1=C(C)N=c2s/c(=C\c3ccc(OCc4cccc([N+](=O)[O-])c4)c(Br)c3)c(=O)n2[C@@H]1c1ccc(OCC(=O)OC)c(OCC)c1. The van der Waals surface area contributed by atoms with Crippen molar-refractivity contribution in [3.05, 3.63) is 123 Å². The van der Waals surface area contributed by atoms with Gasteiger partial charge in [-0.15, -0.1) is 0 Å². The summed E-state index contributed by atoms with van der Waals surface area (Å²) in [5.41, 5.74) is 2.07. The molecule has 5 rings (SSSR count). The number of ether oxygens (including phenoxy) is 5. The summed E-state index contributed by atoms with van der Waals surface area (Å²) in [6, 6.07) is 15.6. The van der Waals surface area contributed by atoms with Crippen LogP contribution in [-0.2, 0) is 25.7 Å². The second-order valence-corrected chi connectivity index (χ2v) is 12.6. The van der Waals surface area contributed by atoms with Crippen molar-refractivity contribution in [1.29, 1.82) is 0 Å². The minimum atomic E-state index is -0.905. The van der Waals surface area contributed by atoms with Gasteiger partial charge >= 0.3 is 11.9 Å². The maximum atomic E-state index is 14.1. The standard InChI is InChI=1S/C35H32BrN3O10S/c1-5-46-28-17-23(11-13-27(28)49-19-30(40)45-4)32-31(34(42)47-6-2)20(3)37-35-38(32)33(41)29(50-35)16-21-10-12-26(25(36)15-21)48-18-22-8-7-9-24(14-22)39(43)44/h7-17,32H,5-6,18-19H2,1-4H3/b29-16-/t32-/m1/s1. The predicted octanol–water partition coefficient (Wildman–Crippen LogP) is 5.00. The Hall–Kier alpha value is -5.28. The molecule has 0 saturated carbocycles. The highest BCUT2D eigenvalue weighted by Crippen LogP contribution is 2.36. The number of carbonyl (C=O) groups is 2. The predicted molar refractivity (Wildman–Crippen MR) is 187 cm³/mol. The van der Waals surface area contributed by atoms with Crippen molar-refractivity contribution in [2.45, 2.75) is 33.4 Å². The van der Waals surface area contributed by atoms with Crippen LogP contribution in [0.15, 0.2) is 86.2 Å². The van der Waals surface area contributed by atoms with Crippen LogP contribution in [0.3, 0.4) is 0 Å². The molecule has 1 atom stereocenters. The number of non-ortho nitro benzene ring substituents is 1. The third-order valence-electron chi connectivity index (χ3n) is 7.44. The molecule has 0 fully saturated rings. The van der Waals surface area contributed by atoms with Gasteiger partial charge in [-0.1, -0.05) is 35.6 Å². The fourth-order valence-corrected chi connectivity index (χ4v) is 6.74. The lowest BCUT2D eigenvalue weighted by molar-refractivity contribution is -0.384. The van der Waals surface area contributed by atoms with Crippen LogP contribution < -0.4 is 29.1 Å². The Morgan fingerprint density at radius 2 is 1.80 bits per heavy atom. The van der Waals surface area contributed by atoms with Crippen molar-refractivity contribution < 1.29 is 38.2 Å². The highest BCUT2D eigenvalue weighted by Gasteiger charge is 2.34. The summed E-state index contributed by atoms with van der Waals surface area (Å²) >= 11 is 4.70. The van der Waals surface area contributed by atoms with Crippen molar-refractivity contribution >= 4 is 51.0 Å². The van der Waals surface area contributed by atoms with Gasteiger partial charge in [0.1, 0.15) is 12.4 Å². The van der Waals surface area contributed by atoms with E-state index >= 15 is 0 Å². The fourth-order valence-electron chi connectivity index (χ4n) is 5.18. The zero-order chi connectivity index (χ0) is 35.9. The maximum Gasteiger partial charge on any atom is 0.343 e. The first-order chi connectivity index (χ1) is 24.0. The Labute approximate surface area is 298 Å². The molecule has 2 heterocycles. The van der Waals surface area contributed by atoms with Crippen molar-refractivity contribution in [3.8, 4) is 17.2 Å². The van der Waals surface area contributed by atoms with E-state index in [9.17, 15) is 24.5 Å². The minimum Gasteiger partial charge on any atom is -0.490 e. The van der Waals surface area contributed by atoms with Crippen LogP contribution in [-0.4, -0.2) is 48.4 Å². The molecule has 0 saturated heterocycles. The number of benzene rings is 3. The van der Waals surface area contributed by atoms with Crippen molar-refractivity contribution in [3.63, 3.8) is 0 Å². The second-order valence-electron chi connectivity index (χ2n) is 10.7. The molecule has 1 aromatic heterocycles. The summed E-state index contributed by atoms with van der Waals surface area (Å²) in [7, 11) is 1.26. The molecule has 13 nitrogen and oxygen atoms in total. The van der Waals surface area contributed by atoms with Gasteiger partial charge in [0, 0.05) is 12.1 Å². The lowest BCUT2D eigenvalue weighted by atomic mass is 9.95. The van der Waals surface area contributed by atoms with Crippen LogP contribution in [0.25, 0.3) is 6.08 Å². The molecule has 0 N–H and O–H groups in total. The number of carbonyl (C=O) groups excluding carboxylic acids is 2. The number of methoxy groups -OCH3 is 1. The van der Waals surface area contributed by atoms with E-state index in [4.69, 9.17) is 18.9 Å². The number of nitro benzene ring substituents is 1. The van der Waals surface area contributed by atoms with Gasteiger partial charge in [0.05, 0.1) is 51.6 Å². The van der Waals surface area contributed by atoms with Crippen LogP contribution in [0, 0.1) is 10.1 Å². The fraction of sp³-hybridized carbons (Fsp3) is 0.257. The van der Waals surface area contributed by atoms with E-state index in [0.29, 0.717) is 47.7 Å². The van der Waals surface area contributed by atoms with Crippen LogP contribution >= 0.6 is 27.3 Å². The summed E-state index contributed by atoms with van der Waals surface area (Å²) in [6.45, 7) is 5.37. The molecule has 0 unspecified atom stereocenters. The number of hydrogen-bond acceptors (Lipinski definition) is 12. The number of fused-ring (bicyclic) bond motifs is 1. The molecular formula is C35H32BrN3O10S. The quantitative estimate of drug-likeness (QED) is 0.103. The molecule has 0 spiro atoms. The largest absolute Gasteiger partial charge is 0.490 e. The highest BCUT2D eigenvalue weighted by molar-refractivity contribution is 9.10. The van der Waals surface area contributed by atoms with Gasteiger partial charge in [-0.3, -0.25) is 19.5 Å². The zero-order valence-electron chi connectivity index (χ0n) is 27.5. The molecular weight excluding hydrogens is 734 g/mol. The van der Waals surface area contributed by atoms with E-state index in [2.05, 4.69) is 25.7 Å². The molecule has 3 aromatic carbocycles. The van der Waals surface area contributed by atoms with E-state index in [1.807, 2.05) is 0 Å². The molecule has 15 heteroatoms. The lowest BCUT2D eigenvalue weighted by Crippen LogP contribution is -2.40. The third-order valence-corrected chi connectivity index (χ3v) is 9.05. The smallest absolute Gasteiger partial charge is 0.343 e. The molecule has 0 aliphatic carbocycles. The Morgan fingerprint density at radius 3 is 2.50 bits per heavy atom. The summed E-state index contributed by atoms with van der Waals surface area (Å²) in [5.74, 6) is -0.0709. The second kappa shape index (κ2) is 16.0. The van der Waals surface area contributed by atoms with E-state index in [0.717, 1.165) is 0 Å². The van der Waals surface area contributed by atoms with Gasteiger partial charge in [0.25, 0.3) is 11.2 Å². The summed E-state index contributed by atoms with van der Waals surface area (Å²) in [4.78, 5) is 54.9. The Balaban J connectivity index is 1.52. The Bertz CT molecular complexity index is 2180. The summed E-state index contributed by atoms with van der Waals surface area (Å²) < 4.78 is 29.8. The minimum absolute atomic E-state index is 0.0230. The number of halogens is 1. The van der Waals surface area contributed by atoms with E-state index in [1.54, 1.807) is 75.4 Å². The van der Waals surface area contributed by atoms with Crippen molar-refractivity contribution in [2.75, 3.05) is 26.9 Å². The van der Waals surface area contributed by atoms with Crippen molar-refractivity contribution in [1.82, 2.24) is 4.57 Å². The summed E-state index contributed by atoms with van der Waals surface area (Å²) in [5, 5.41) is 11.1. The average Bonchev–Trinajstić information content (AvgIpc) is 3.40. The number of aromatic nitrogens is 1. The van der Waals surface area contributed by atoms with Gasteiger partial charge in [-0.05, 0) is 83.7 Å². The highest BCUT2D eigenvalue weighted by atomic mass is 79.9. The van der Waals surface area contributed by atoms with Crippen LogP contribution in [0.1, 0.15) is 43.5 Å². The number of hydrogen-bond donors (Lipinski definition) is 0. The summed E-state index contributed by atoms with van der Waals surface area (Å²) in [6.07, 6.45) is 1.72. The lowest BCUT2D eigenvalue weighted by Gasteiger charge is -2.25. The topological polar surface area (TPSA) is 158 Å². The first kappa shape index (κ1) is 36.0. The molecule has 0 bridgehead atoms. The van der Waals surface area contributed by atoms with Crippen LogP contribution in [0.5, 0.6) is 17.2 Å². The molecule has 260 valence electrons. The van der Waals surface area contributed by atoms with Gasteiger partial charge in [0.2, 0.25) is 0 Å². The van der Waals surface area contributed by atoms with E-state index in [1.165, 1.54) is 35.1 Å². The maximum absolute atomic E-state index is 14.1. The van der Waals surface area contributed by atoms with Gasteiger partial charge in [-0.2, -0.15) is 0 Å². The number of rotatable bonds is 13. The average molecular weight is 767 g/mol. The van der Waals surface area contributed by atoms with E-state index < -0.39 is 22.9 Å². The van der Waals surface area contributed by atoms with E-state index in [-0.39, 0.29) is 49.0 Å². The number of esters is 2. The van der Waals surface area contributed by atoms with Crippen molar-refractivity contribution in [2.24, 2.45) is 4.99 Å². The Morgan fingerprint density at radius 1 is 1.02 bits per heavy atom. The molecule has 1 aliphatic heterocycles. The van der Waals surface area contributed by atoms with Gasteiger partial charge < -0.3 is 23.7 Å². The number of nitrogens with zero attached hydrogens (tertiary/aromatic N) is 3. The number of allylic oxidation sites excluding steroid dienone is 1. The zero-order valence-corrected chi connectivity index (χ0v) is 29.9. The normalized spacial score (nSPS) is 14.0. The first-order valence-corrected chi connectivity index (χ1v) is 17.0. The number of thiazole rings is 1. The Kier molecular flexibility index (Phi) is 11.5. The molecule has 50 heavy (non-hydrogen) atoms. The monoisotopic (exact) mass is 765 g/mol. The van der Waals surface area contributed by atoms with Gasteiger partial charge in [0.15, 0.2) is 22.9 Å². The number of nitro groups is 1. The molecule has 0 radical (unpaired) electrons. The molecule has 0 amide bonds. The first-order valence-electron chi connectivity index (χ1n) is 15.4. The van der Waals surface area contributed by atoms with Crippen LogP contribution in [0.2, 0.25) is 0 Å². The third kappa shape index (κ3) is 7.95. The molecule has 1 aliphatic rings.